The predicted octanol–water partition coefficient (Wildman–Crippen LogP) is 0.755. The van der Waals surface area contributed by atoms with Gasteiger partial charge in [-0.1, -0.05) is 0 Å². The van der Waals surface area contributed by atoms with Crippen LogP contribution in [0.1, 0.15) is 0 Å². The minimum atomic E-state index is -0.965. The van der Waals surface area contributed by atoms with E-state index in [4.69, 9.17) is 19.3 Å². The van der Waals surface area contributed by atoms with Gasteiger partial charge in [-0.25, -0.2) is 0 Å². The van der Waals surface area contributed by atoms with Crippen molar-refractivity contribution < 1.29 is 24.1 Å². The third kappa shape index (κ3) is 3.81. The zero-order chi connectivity index (χ0) is 13.5. The molecule has 18 heavy (non-hydrogen) atoms. The Balaban J connectivity index is 2.74. The molecule has 1 atom stereocenters. The van der Waals surface area contributed by atoms with Gasteiger partial charge in [0.25, 0.3) is 0 Å². The van der Waals surface area contributed by atoms with E-state index in [0.717, 1.165) is 0 Å². The van der Waals surface area contributed by atoms with E-state index in [-0.39, 0.29) is 6.61 Å². The molecule has 1 aromatic carbocycles. The standard InChI is InChI=1S/C12H17NO5/c1-13-11(12(14)15)7-18-10-5-8(16-2)4-9(6-10)17-3/h4-6,11,13H,7H2,1-3H3,(H,14,15). The highest BCUT2D eigenvalue weighted by Crippen LogP contribution is 2.27. The van der Waals surface area contributed by atoms with Gasteiger partial charge in [0.05, 0.1) is 14.2 Å². The molecule has 0 aromatic heterocycles. The summed E-state index contributed by atoms with van der Waals surface area (Å²) in [4.78, 5) is 10.8. The van der Waals surface area contributed by atoms with Crippen molar-refractivity contribution in [3.8, 4) is 17.2 Å². The highest BCUT2D eigenvalue weighted by Gasteiger charge is 2.15. The molecular weight excluding hydrogens is 238 g/mol. The molecule has 0 saturated heterocycles. The largest absolute Gasteiger partial charge is 0.496 e. The molecule has 0 spiro atoms. The van der Waals surface area contributed by atoms with Crippen LogP contribution in [0.3, 0.4) is 0 Å². The lowest BCUT2D eigenvalue weighted by Crippen LogP contribution is -2.39. The lowest BCUT2D eigenvalue weighted by Gasteiger charge is -2.14. The second-order valence-corrected chi connectivity index (χ2v) is 3.54. The van der Waals surface area contributed by atoms with Gasteiger partial charge in [-0.3, -0.25) is 4.79 Å². The fraction of sp³-hybridized carbons (Fsp3) is 0.417. The quantitative estimate of drug-likeness (QED) is 0.749. The maximum atomic E-state index is 10.8. The summed E-state index contributed by atoms with van der Waals surface area (Å²) in [6, 6.07) is 4.27. The molecule has 0 amide bonds. The summed E-state index contributed by atoms with van der Waals surface area (Å²) in [6.07, 6.45) is 0. The summed E-state index contributed by atoms with van der Waals surface area (Å²) in [5, 5.41) is 11.5. The number of carbonyl (C=O) groups is 1. The van der Waals surface area contributed by atoms with Crippen molar-refractivity contribution in [2.45, 2.75) is 6.04 Å². The smallest absolute Gasteiger partial charge is 0.324 e. The lowest BCUT2D eigenvalue weighted by atomic mass is 10.3. The van der Waals surface area contributed by atoms with Crippen LogP contribution < -0.4 is 19.5 Å². The summed E-state index contributed by atoms with van der Waals surface area (Å²) in [5.74, 6) is 0.696. The molecule has 0 saturated carbocycles. The molecule has 0 aliphatic rings. The molecule has 1 rings (SSSR count). The molecule has 2 N–H and O–H groups in total. The van der Waals surface area contributed by atoms with Gasteiger partial charge < -0.3 is 24.6 Å². The third-order valence-corrected chi connectivity index (χ3v) is 2.39. The number of rotatable bonds is 7. The van der Waals surface area contributed by atoms with Crippen molar-refractivity contribution in [1.82, 2.24) is 5.32 Å². The van der Waals surface area contributed by atoms with Gasteiger partial charge in [0.1, 0.15) is 29.9 Å². The van der Waals surface area contributed by atoms with Gasteiger partial charge >= 0.3 is 5.97 Å². The van der Waals surface area contributed by atoms with E-state index in [2.05, 4.69) is 5.32 Å². The van der Waals surface area contributed by atoms with E-state index in [9.17, 15) is 4.79 Å². The molecular formula is C12H17NO5. The molecule has 0 aliphatic heterocycles. The van der Waals surface area contributed by atoms with E-state index < -0.39 is 12.0 Å². The first-order valence-corrected chi connectivity index (χ1v) is 5.36. The molecule has 6 heteroatoms. The maximum Gasteiger partial charge on any atom is 0.324 e. The molecule has 0 aliphatic carbocycles. The molecule has 6 nitrogen and oxygen atoms in total. The fourth-order valence-electron chi connectivity index (χ4n) is 1.32. The fourth-order valence-corrected chi connectivity index (χ4v) is 1.32. The van der Waals surface area contributed by atoms with Crippen LogP contribution in [0.25, 0.3) is 0 Å². The second-order valence-electron chi connectivity index (χ2n) is 3.54. The van der Waals surface area contributed by atoms with Crippen LogP contribution in [0, 0.1) is 0 Å². The van der Waals surface area contributed by atoms with Gasteiger partial charge in [0.15, 0.2) is 0 Å². The van der Waals surface area contributed by atoms with Gasteiger partial charge in [-0.05, 0) is 7.05 Å². The highest BCUT2D eigenvalue weighted by atomic mass is 16.5. The Hall–Kier alpha value is -1.95. The van der Waals surface area contributed by atoms with Crippen molar-refractivity contribution >= 4 is 5.97 Å². The third-order valence-electron chi connectivity index (χ3n) is 2.39. The van der Waals surface area contributed by atoms with Crippen LogP contribution in [0.4, 0.5) is 0 Å². The van der Waals surface area contributed by atoms with E-state index in [0.29, 0.717) is 17.2 Å². The number of carboxylic acids is 1. The van der Waals surface area contributed by atoms with Gasteiger partial charge in [-0.15, -0.1) is 0 Å². The number of nitrogens with one attached hydrogen (secondary N) is 1. The van der Waals surface area contributed by atoms with E-state index in [1.807, 2.05) is 0 Å². The zero-order valence-electron chi connectivity index (χ0n) is 10.6. The zero-order valence-corrected chi connectivity index (χ0v) is 10.6. The number of hydrogen-bond acceptors (Lipinski definition) is 5. The normalized spacial score (nSPS) is 11.7. The number of ether oxygens (including phenoxy) is 3. The van der Waals surface area contributed by atoms with Crippen LogP contribution in [-0.4, -0.2) is 45.0 Å². The van der Waals surface area contributed by atoms with E-state index >= 15 is 0 Å². The Kier molecular flexibility index (Phi) is 5.26. The summed E-state index contributed by atoms with van der Waals surface area (Å²) in [5.41, 5.74) is 0. The minimum Gasteiger partial charge on any atom is -0.496 e. The van der Waals surface area contributed by atoms with Crippen LogP contribution in [0.5, 0.6) is 17.2 Å². The SMILES string of the molecule is CNC(COc1cc(OC)cc(OC)c1)C(=O)O. The van der Waals surface area contributed by atoms with Crippen LogP contribution in [0.15, 0.2) is 18.2 Å². The summed E-state index contributed by atoms with van der Waals surface area (Å²) >= 11 is 0. The summed E-state index contributed by atoms with van der Waals surface area (Å²) in [6.45, 7) is 0.0160. The molecule has 0 heterocycles. The number of hydrogen-bond donors (Lipinski definition) is 2. The number of benzene rings is 1. The van der Waals surface area contributed by atoms with E-state index in [1.165, 1.54) is 14.2 Å². The molecule has 0 bridgehead atoms. The molecule has 0 fully saturated rings. The number of carboxylic acid groups (broad SMARTS) is 1. The van der Waals surface area contributed by atoms with Crippen molar-refractivity contribution in [2.24, 2.45) is 0 Å². The Bertz CT molecular complexity index is 385. The monoisotopic (exact) mass is 255 g/mol. The Morgan fingerprint density at radius 2 is 1.72 bits per heavy atom. The highest BCUT2D eigenvalue weighted by molar-refractivity contribution is 5.73. The summed E-state index contributed by atoms with van der Waals surface area (Å²) < 4.78 is 15.6. The summed E-state index contributed by atoms with van der Waals surface area (Å²) in [7, 11) is 4.63. The van der Waals surface area contributed by atoms with Crippen molar-refractivity contribution in [3.63, 3.8) is 0 Å². The Labute approximate surface area is 105 Å². The van der Waals surface area contributed by atoms with Crippen molar-refractivity contribution in [1.29, 1.82) is 0 Å². The maximum absolute atomic E-state index is 10.8. The Morgan fingerprint density at radius 3 is 2.11 bits per heavy atom. The lowest BCUT2D eigenvalue weighted by molar-refractivity contribution is -0.140. The first-order chi connectivity index (χ1) is 8.60. The number of methoxy groups -OCH3 is 2. The average Bonchev–Trinajstić information content (AvgIpc) is 2.38. The van der Waals surface area contributed by atoms with E-state index in [1.54, 1.807) is 25.2 Å². The first-order valence-electron chi connectivity index (χ1n) is 5.36. The molecule has 100 valence electrons. The van der Waals surface area contributed by atoms with Crippen LogP contribution >= 0.6 is 0 Å². The van der Waals surface area contributed by atoms with Crippen LogP contribution in [0.2, 0.25) is 0 Å². The predicted molar refractivity (Wildman–Crippen MR) is 65.5 cm³/mol. The minimum absolute atomic E-state index is 0.0160. The average molecular weight is 255 g/mol. The molecule has 0 radical (unpaired) electrons. The van der Waals surface area contributed by atoms with Gasteiger partial charge in [0, 0.05) is 18.2 Å². The van der Waals surface area contributed by atoms with Crippen molar-refractivity contribution in [3.05, 3.63) is 18.2 Å². The first kappa shape index (κ1) is 14.1. The molecule has 1 aromatic rings. The topological polar surface area (TPSA) is 77.0 Å². The number of likely N-dealkylation sites (N-methyl/N-ethyl adjacent to an activating group) is 1. The van der Waals surface area contributed by atoms with Crippen molar-refractivity contribution in [2.75, 3.05) is 27.9 Å². The van der Waals surface area contributed by atoms with Gasteiger partial charge in [0.2, 0.25) is 0 Å². The van der Waals surface area contributed by atoms with Crippen LogP contribution in [-0.2, 0) is 4.79 Å². The Morgan fingerprint density at radius 1 is 1.22 bits per heavy atom. The van der Waals surface area contributed by atoms with Gasteiger partial charge in [-0.2, -0.15) is 0 Å². The number of aliphatic carboxylic acids is 1. The second kappa shape index (κ2) is 6.70. The molecule has 1 unspecified atom stereocenters.